The molecule has 0 saturated heterocycles. The highest BCUT2D eigenvalue weighted by Crippen LogP contribution is 2.40. The minimum absolute atomic E-state index is 0.596. The summed E-state index contributed by atoms with van der Waals surface area (Å²) in [5.41, 5.74) is 14.1. The normalized spacial score (nSPS) is 11.9. The van der Waals surface area contributed by atoms with E-state index in [-0.39, 0.29) is 0 Å². The van der Waals surface area contributed by atoms with E-state index < -0.39 is 0 Å². The predicted molar refractivity (Wildman–Crippen MR) is 234 cm³/mol. The first-order valence-corrected chi connectivity index (χ1v) is 19.2. The van der Waals surface area contributed by atoms with Gasteiger partial charge in [-0.05, 0) is 76.9 Å². The molecule has 12 aromatic rings. The van der Waals surface area contributed by atoms with Crippen LogP contribution in [0.3, 0.4) is 0 Å². The van der Waals surface area contributed by atoms with Crippen LogP contribution in [-0.4, -0.2) is 19.1 Å². The molecule has 4 aromatic heterocycles. The summed E-state index contributed by atoms with van der Waals surface area (Å²) < 4.78 is 11.3. The third-order valence-corrected chi connectivity index (χ3v) is 11.3. The first-order valence-electron chi connectivity index (χ1n) is 19.2. The number of rotatable bonds is 5. The maximum Gasteiger partial charge on any atom is 0.236 e. The van der Waals surface area contributed by atoms with Crippen LogP contribution in [0.15, 0.2) is 199 Å². The molecular weight excluding hydrogens is 697 g/mol. The van der Waals surface area contributed by atoms with Crippen molar-refractivity contribution in [2.75, 3.05) is 0 Å². The maximum atomic E-state index is 6.72. The van der Waals surface area contributed by atoms with Gasteiger partial charge in [-0.2, -0.15) is 0 Å². The van der Waals surface area contributed by atoms with Crippen LogP contribution in [-0.2, 0) is 0 Å². The van der Waals surface area contributed by atoms with Gasteiger partial charge in [-0.3, -0.25) is 4.57 Å². The number of furan rings is 1. The molecule has 0 aliphatic rings. The lowest BCUT2D eigenvalue weighted by atomic mass is 10.0. The summed E-state index contributed by atoms with van der Waals surface area (Å²) in [6, 6.07) is 68.5. The molecule has 266 valence electrons. The summed E-state index contributed by atoms with van der Waals surface area (Å²) in [5, 5.41) is 5.65. The zero-order valence-electron chi connectivity index (χ0n) is 30.7. The molecule has 0 radical (unpaired) electrons. The van der Waals surface area contributed by atoms with Gasteiger partial charge < -0.3 is 8.98 Å². The molecule has 0 aliphatic carbocycles. The number of aromatic nitrogens is 4. The predicted octanol–water partition coefficient (Wildman–Crippen LogP) is 13.6. The fraction of sp³-hybridized carbons (Fsp3) is 0. The second-order valence-corrected chi connectivity index (χ2v) is 14.6. The van der Waals surface area contributed by atoms with Crippen molar-refractivity contribution < 1.29 is 4.42 Å². The van der Waals surface area contributed by atoms with E-state index in [0.29, 0.717) is 11.5 Å². The van der Waals surface area contributed by atoms with Gasteiger partial charge in [0.05, 0.1) is 22.1 Å². The Bertz CT molecular complexity index is 3510. The smallest absolute Gasteiger partial charge is 0.236 e. The highest BCUT2D eigenvalue weighted by molar-refractivity contribution is 6.13. The Labute approximate surface area is 327 Å². The van der Waals surface area contributed by atoms with Gasteiger partial charge in [0, 0.05) is 38.2 Å². The SMILES string of the molecule is c1ccc(-c2ccc3c(c2)c2ccccc2n3-c2ccc3oc4c(-c5ccccc5)nc(-n5c6ccccc6c6cc(-c7ccccc7)ccc65)nc4c3c2)cc1. The van der Waals surface area contributed by atoms with Crippen LogP contribution in [0, 0.1) is 0 Å². The van der Waals surface area contributed by atoms with Crippen molar-refractivity contribution in [2.45, 2.75) is 0 Å². The van der Waals surface area contributed by atoms with Gasteiger partial charge in [-0.25, -0.2) is 9.97 Å². The zero-order valence-corrected chi connectivity index (χ0v) is 30.7. The second-order valence-electron chi connectivity index (χ2n) is 14.6. The number of benzene rings is 8. The van der Waals surface area contributed by atoms with E-state index in [9.17, 15) is 0 Å². The van der Waals surface area contributed by atoms with E-state index >= 15 is 0 Å². The fourth-order valence-corrected chi connectivity index (χ4v) is 8.71. The molecule has 5 nitrogen and oxygen atoms in total. The molecule has 4 heterocycles. The van der Waals surface area contributed by atoms with Crippen LogP contribution in [0.4, 0.5) is 0 Å². The summed E-state index contributed by atoms with van der Waals surface area (Å²) in [5.74, 6) is 0.596. The first kappa shape index (κ1) is 31.6. The van der Waals surface area contributed by atoms with Gasteiger partial charge in [-0.1, -0.05) is 140 Å². The number of para-hydroxylation sites is 2. The van der Waals surface area contributed by atoms with E-state index in [2.05, 4.69) is 185 Å². The van der Waals surface area contributed by atoms with Crippen LogP contribution in [0.25, 0.3) is 111 Å². The standard InChI is InChI=1S/C52H32N4O/c1-4-14-33(15-5-1)36-24-27-46-41(30-36)39-20-10-12-22-44(39)55(46)38-26-29-48-43(32-38)50-51(57-48)49(35-18-8-3-9-19-35)53-52(54-50)56-45-23-13-11-21-40(45)42-31-37(25-28-47(42)56)34-16-6-2-7-17-34/h1-32H. The largest absolute Gasteiger partial charge is 0.452 e. The average molecular weight is 729 g/mol. The summed E-state index contributed by atoms with van der Waals surface area (Å²) in [4.78, 5) is 10.7. The molecule has 8 aromatic carbocycles. The highest BCUT2D eigenvalue weighted by atomic mass is 16.3. The molecule has 0 N–H and O–H groups in total. The Morgan fingerprint density at radius 2 is 0.860 bits per heavy atom. The van der Waals surface area contributed by atoms with E-state index in [1.807, 2.05) is 18.2 Å². The molecular formula is C52H32N4O. The summed E-state index contributed by atoms with van der Waals surface area (Å²) >= 11 is 0. The van der Waals surface area contributed by atoms with Crippen LogP contribution in [0.1, 0.15) is 0 Å². The third kappa shape index (κ3) is 4.89. The van der Waals surface area contributed by atoms with Gasteiger partial charge in [0.1, 0.15) is 16.8 Å². The molecule has 0 aliphatic heterocycles. The number of nitrogens with zero attached hydrogens (tertiary/aromatic N) is 4. The van der Waals surface area contributed by atoms with Gasteiger partial charge >= 0.3 is 0 Å². The average Bonchev–Trinajstić information content (AvgIpc) is 3.94. The van der Waals surface area contributed by atoms with E-state index in [0.717, 1.165) is 66.3 Å². The molecule has 5 heteroatoms. The van der Waals surface area contributed by atoms with Gasteiger partial charge in [-0.15, -0.1) is 0 Å². The minimum Gasteiger partial charge on any atom is -0.452 e. The van der Waals surface area contributed by atoms with Crippen molar-refractivity contribution in [3.05, 3.63) is 194 Å². The van der Waals surface area contributed by atoms with E-state index in [1.54, 1.807) is 0 Å². The second kappa shape index (κ2) is 12.4. The molecule has 0 unspecified atom stereocenters. The van der Waals surface area contributed by atoms with Crippen LogP contribution in [0.5, 0.6) is 0 Å². The molecule has 0 bridgehead atoms. The van der Waals surface area contributed by atoms with Crippen LogP contribution < -0.4 is 0 Å². The number of hydrogen-bond donors (Lipinski definition) is 0. The lowest BCUT2D eigenvalue weighted by Gasteiger charge is -2.10. The Balaban J connectivity index is 1.11. The van der Waals surface area contributed by atoms with Crippen molar-refractivity contribution in [1.82, 2.24) is 19.1 Å². The van der Waals surface area contributed by atoms with Gasteiger partial charge in [0.2, 0.25) is 5.95 Å². The first-order chi connectivity index (χ1) is 28.3. The van der Waals surface area contributed by atoms with Crippen LogP contribution in [0.2, 0.25) is 0 Å². The van der Waals surface area contributed by atoms with E-state index in [1.165, 1.54) is 33.0 Å². The van der Waals surface area contributed by atoms with Crippen molar-refractivity contribution in [3.8, 4) is 45.1 Å². The van der Waals surface area contributed by atoms with Gasteiger partial charge in [0.15, 0.2) is 5.58 Å². The Morgan fingerprint density at radius 1 is 0.351 bits per heavy atom. The lowest BCUT2D eigenvalue weighted by Crippen LogP contribution is -2.03. The Kier molecular flexibility index (Phi) is 6.86. The molecule has 57 heavy (non-hydrogen) atoms. The Morgan fingerprint density at radius 3 is 1.47 bits per heavy atom. The zero-order chi connectivity index (χ0) is 37.5. The summed E-state index contributed by atoms with van der Waals surface area (Å²) in [7, 11) is 0. The van der Waals surface area contributed by atoms with Crippen molar-refractivity contribution in [1.29, 1.82) is 0 Å². The van der Waals surface area contributed by atoms with Crippen LogP contribution >= 0.6 is 0 Å². The molecule has 0 saturated carbocycles. The summed E-state index contributed by atoms with van der Waals surface area (Å²) in [6.07, 6.45) is 0. The Hall–Kier alpha value is -7.76. The lowest BCUT2D eigenvalue weighted by molar-refractivity contribution is 0.666. The maximum absolute atomic E-state index is 6.72. The minimum atomic E-state index is 0.596. The highest BCUT2D eigenvalue weighted by Gasteiger charge is 2.22. The molecule has 0 spiro atoms. The fourth-order valence-electron chi connectivity index (χ4n) is 8.71. The third-order valence-electron chi connectivity index (χ3n) is 11.3. The van der Waals surface area contributed by atoms with E-state index in [4.69, 9.17) is 14.4 Å². The topological polar surface area (TPSA) is 48.8 Å². The monoisotopic (exact) mass is 728 g/mol. The van der Waals surface area contributed by atoms with Crippen molar-refractivity contribution >= 4 is 65.7 Å². The molecule has 12 rings (SSSR count). The quantitative estimate of drug-likeness (QED) is 0.177. The molecule has 0 amide bonds. The van der Waals surface area contributed by atoms with Crippen molar-refractivity contribution in [3.63, 3.8) is 0 Å². The molecule has 0 atom stereocenters. The van der Waals surface area contributed by atoms with Crippen molar-refractivity contribution in [2.24, 2.45) is 0 Å². The van der Waals surface area contributed by atoms with Gasteiger partial charge in [0.25, 0.3) is 0 Å². The number of hydrogen-bond acceptors (Lipinski definition) is 3. The number of fused-ring (bicyclic) bond motifs is 9. The summed E-state index contributed by atoms with van der Waals surface area (Å²) in [6.45, 7) is 0. The molecule has 0 fully saturated rings.